The van der Waals surface area contributed by atoms with Gasteiger partial charge < -0.3 is 24.2 Å². The number of aliphatic hydroxyl groups excluding tert-OH is 1. The summed E-state index contributed by atoms with van der Waals surface area (Å²) in [5, 5.41) is 11.5. The Hall–Kier alpha value is -3.36. The van der Waals surface area contributed by atoms with Crippen LogP contribution >= 0.6 is 0 Å². The van der Waals surface area contributed by atoms with Crippen LogP contribution in [0.1, 0.15) is 62.3 Å². The Morgan fingerprint density at radius 2 is 1.70 bits per heavy atom. The van der Waals surface area contributed by atoms with Gasteiger partial charge in [-0.25, -0.2) is 0 Å². The van der Waals surface area contributed by atoms with Crippen LogP contribution < -0.4 is 9.47 Å². The fourth-order valence-electron chi connectivity index (χ4n) is 5.15. The van der Waals surface area contributed by atoms with Gasteiger partial charge in [0.1, 0.15) is 17.3 Å². The molecule has 2 heterocycles. The molecule has 2 saturated heterocycles. The zero-order valence-corrected chi connectivity index (χ0v) is 24.0. The molecule has 1 N–H and O–H groups in total. The number of carbonyl (C=O) groups excluding carboxylic acids is 2. The highest BCUT2D eigenvalue weighted by atomic mass is 16.5. The molecule has 8 nitrogen and oxygen atoms in total. The van der Waals surface area contributed by atoms with Crippen LogP contribution in [0.5, 0.6) is 11.5 Å². The number of ketones is 1. The normalized spacial score (nSPS) is 19.3. The minimum Gasteiger partial charge on any atom is -0.507 e. The minimum atomic E-state index is -0.702. The summed E-state index contributed by atoms with van der Waals surface area (Å²) in [7, 11) is 0. The zero-order chi connectivity index (χ0) is 28.5. The van der Waals surface area contributed by atoms with E-state index >= 15 is 0 Å². The zero-order valence-electron chi connectivity index (χ0n) is 24.0. The van der Waals surface area contributed by atoms with Gasteiger partial charge in [-0.2, -0.15) is 0 Å². The number of morpholine rings is 1. The number of amides is 1. The summed E-state index contributed by atoms with van der Waals surface area (Å²) in [5.74, 6) is 0.0220. The van der Waals surface area contributed by atoms with E-state index in [0.29, 0.717) is 45.1 Å². The number of unbranched alkanes of at least 4 members (excludes halogenated alkanes) is 2. The molecule has 2 aromatic rings. The number of aliphatic hydroxyl groups is 1. The van der Waals surface area contributed by atoms with Gasteiger partial charge in [-0.15, -0.1) is 0 Å². The first-order chi connectivity index (χ1) is 19.4. The maximum absolute atomic E-state index is 13.4. The Kier molecular flexibility index (Phi) is 10.6. The van der Waals surface area contributed by atoms with Crippen molar-refractivity contribution >= 4 is 17.4 Å². The predicted molar refractivity (Wildman–Crippen MR) is 155 cm³/mol. The SMILES string of the molecule is CCCCCOc1ccc(C2C(=C(O)c3ccc(OCCC)c(C)c3)C(=O)C(=O)N2CCN2CCOCC2)cc1. The van der Waals surface area contributed by atoms with Crippen molar-refractivity contribution in [1.29, 1.82) is 0 Å². The fraction of sp³-hybridized carbons (Fsp3) is 0.500. The van der Waals surface area contributed by atoms with Crippen molar-refractivity contribution in [3.8, 4) is 11.5 Å². The van der Waals surface area contributed by atoms with Crippen molar-refractivity contribution in [3.63, 3.8) is 0 Å². The number of nitrogens with zero attached hydrogens (tertiary/aromatic N) is 2. The molecule has 1 amide bonds. The number of likely N-dealkylation sites (tertiary alicyclic amines) is 1. The molecule has 1 atom stereocenters. The van der Waals surface area contributed by atoms with Crippen molar-refractivity contribution in [2.45, 2.75) is 52.5 Å². The lowest BCUT2D eigenvalue weighted by atomic mass is 9.94. The van der Waals surface area contributed by atoms with E-state index in [2.05, 4.69) is 11.8 Å². The van der Waals surface area contributed by atoms with Gasteiger partial charge in [-0.1, -0.05) is 38.8 Å². The summed E-state index contributed by atoms with van der Waals surface area (Å²) < 4.78 is 17.1. The molecule has 4 rings (SSSR count). The second kappa shape index (κ2) is 14.3. The highest BCUT2D eigenvalue weighted by Gasteiger charge is 2.46. The summed E-state index contributed by atoms with van der Waals surface area (Å²) in [6.07, 6.45) is 4.11. The Morgan fingerprint density at radius 1 is 0.950 bits per heavy atom. The average molecular weight is 551 g/mol. The third-order valence-electron chi connectivity index (χ3n) is 7.42. The van der Waals surface area contributed by atoms with Crippen molar-refractivity contribution in [1.82, 2.24) is 9.80 Å². The first-order valence-corrected chi connectivity index (χ1v) is 14.5. The van der Waals surface area contributed by atoms with Crippen LogP contribution in [-0.2, 0) is 14.3 Å². The summed E-state index contributed by atoms with van der Waals surface area (Å²) in [4.78, 5) is 30.6. The van der Waals surface area contributed by atoms with E-state index in [4.69, 9.17) is 14.2 Å². The van der Waals surface area contributed by atoms with Crippen molar-refractivity contribution in [3.05, 3.63) is 64.7 Å². The smallest absolute Gasteiger partial charge is 0.295 e. The molecule has 2 aliphatic heterocycles. The maximum Gasteiger partial charge on any atom is 0.295 e. The van der Waals surface area contributed by atoms with Crippen LogP contribution in [0.25, 0.3) is 5.76 Å². The number of aryl methyl sites for hydroxylation is 1. The van der Waals surface area contributed by atoms with Crippen molar-refractivity contribution in [2.75, 3.05) is 52.6 Å². The van der Waals surface area contributed by atoms with Gasteiger partial charge in [0.2, 0.25) is 0 Å². The number of ether oxygens (including phenoxy) is 3. The quantitative estimate of drug-likeness (QED) is 0.161. The van der Waals surface area contributed by atoms with Crippen molar-refractivity contribution in [2.24, 2.45) is 0 Å². The highest BCUT2D eigenvalue weighted by Crippen LogP contribution is 2.40. The Morgan fingerprint density at radius 3 is 2.38 bits per heavy atom. The van der Waals surface area contributed by atoms with Gasteiger partial charge in [0.25, 0.3) is 11.7 Å². The van der Waals surface area contributed by atoms with Crippen LogP contribution in [0.2, 0.25) is 0 Å². The fourth-order valence-corrected chi connectivity index (χ4v) is 5.15. The van der Waals surface area contributed by atoms with E-state index in [0.717, 1.165) is 61.4 Å². The molecule has 0 aromatic heterocycles. The third-order valence-corrected chi connectivity index (χ3v) is 7.42. The second-order valence-electron chi connectivity index (χ2n) is 10.4. The number of hydrogen-bond donors (Lipinski definition) is 1. The first-order valence-electron chi connectivity index (χ1n) is 14.5. The summed E-state index contributed by atoms with van der Waals surface area (Å²) in [6, 6.07) is 12.1. The molecule has 0 aliphatic carbocycles. The summed E-state index contributed by atoms with van der Waals surface area (Å²) in [5.41, 5.74) is 2.18. The third kappa shape index (κ3) is 7.04. The molecular weight excluding hydrogens is 508 g/mol. The molecule has 0 saturated carbocycles. The lowest BCUT2D eigenvalue weighted by Gasteiger charge is -2.31. The topological polar surface area (TPSA) is 88.5 Å². The summed E-state index contributed by atoms with van der Waals surface area (Å²) >= 11 is 0. The molecule has 0 spiro atoms. The van der Waals surface area contributed by atoms with Gasteiger partial charge in [-0.05, 0) is 61.2 Å². The van der Waals surface area contributed by atoms with E-state index in [1.165, 1.54) is 0 Å². The first kappa shape index (κ1) is 29.6. The van der Waals surface area contributed by atoms with E-state index in [1.54, 1.807) is 23.1 Å². The molecule has 40 heavy (non-hydrogen) atoms. The number of carbonyl (C=O) groups is 2. The Bertz CT molecular complexity index is 1190. The number of hydrogen-bond acceptors (Lipinski definition) is 7. The largest absolute Gasteiger partial charge is 0.507 e. The molecule has 1 unspecified atom stereocenters. The monoisotopic (exact) mass is 550 g/mol. The van der Waals surface area contributed by atoms with Gasteiger partial charge in [0, 0.05) is 31.7 Å². The molecule has 2 aliphatic rings. The average Bonchev–Trinajstić information content (AvgIpc) is 3.23. The highest BCUT2D eigenvalue weighted by molar-refractivity contribution is 6.46. The van der Waals surface area contributed by atoms with Gasteiger partial charge in [0.15, 0.2) is 0 Å². The van der Waals surface area contributed by atoms with Gasteiger partial charge in [0.05, 0.1) is 38.0 Å². The summed E-state index contributed by atoms with van der Waals surface area (Å²) in [6.45, 7) is 11.2. The molecule has 216 valence electrons. The lowest BCUT2D eigenvalue weighted by molar-refractivity contribution is -0.140. The standard InChI is InChI=1S/C32H42N2O6/c1-4-6-7-19-39-26-11-8-24(9-12-26)29-28(30(35)25-10-13-27(23(3)22-25)40-18-5-2)31(36)32(37)34(29)15-14-33-16-20-38-21-17-33/h8-13,22,29,35H,4-7,14-21H2,1-3H3. The second-order valence-corrected chi connectivity index (χ2v) is 10.4. The number of rotatable bonds is 13. The van der Waals surface area contributed by atoms with E-state index in [-0.39, 0.29) is 11.3 Å². The number of benzene rings is 2. The number of Topliss-reactive ketones (excluding diaryl/α,β-unsaturated/α-hetero) is 1. The van der Waals surface area contributed by atoms with Crippen LogP contribution in [0.3, 0.4) is 0 Å². The van der Waals surface area contributed by atoms with Crippen LogP contribution in [-0.4, -0.2) is 79.2 Å². The van der Waals surface area contributed by atoms with Crippen LogP contribution in [0.4, 0.5) is 0 Å². The molecule has 2 fully saturated rings. The molecule has 0 bridgehead atoms. The molecule has 0 radical (unpaired) electrons. The van der Waals surface area contributed by atoms with Gasteiger partial charge in [-0.3, -0.25) is 14.5 Å². The van der Waals surface area contributed by atoms with E-state index in [9.17, 15) is 14.7 Å². The predicted octanol–water partition coefficient (Wildman–Crippen LogP) is 5.11. The molecular formula is C32H42N2O6. The van der Waals surface area contributed by atoms with Crippen molar-refractivity contribution < 1.29 is 28.9 Å². The van der Waals surface area contributed by atoms with Crippen LogP contribution in [0.15, 0.2) is 48.0 Å². The minimum absolute atomic E-state index is 0.102. The van der Waals surface area contributed by atoms with Crippen LogP contribution in [0, 0.1) is 6.92 Å². The Labute approximate surface area is 237 Å². The van der Waals surface area contributed by atoms with E-state index < -0.39 is 17.7 Å². The van der Waals surface area contributed by atoms with Gasteiger partial charge >= 0.3 is 0 Å². The maximum atomic E-state index is 13.4. The Balaban J connectivity index is 1.66. The molecule has 2 aromatic carbocycles. The van der Waals surface area contributed by atoms with E-state index in [1.807, 2.05) is 38.1 Å². The molecule has 8 heteroatoms. The lowest BCUT2D eigenvalue weighted by Crippen LogP contribution is -2.42.